The van der Waals surface area contributed by atoms with Crippen molar-refractivity contribution in [3.8, 4) is 0 Å². The molecule has 6 aliphatic rings. The summed E-state index contributed by atoms with van der Waals surface area (Å²) in [7, 11) is 1.83. The first-order valence-corrected chi connectivity index (χ1v) is 23.8. The monoisotopic (exact) mass is 914 g/mol. The Hall–Kier alpha value is -6.40. The van der Waals surface area contributed by atoms with Gasteiger partial charge in [0.05, 0.1) is 24.3 Å². The van der Waals surface area contributed by atoms with Crippen LogP contribution in [-0.2, 0) is 26.2 Å². The van der Waals surface area contributed by atoms with Crippen LogP contribution in [0.4, 0.5) is 22.1 Å². The average Bonchev–Trinajstić information content (AvgIpc) is 3.79. The van der Waals surface area contributed by atoms with Gasteiger partial charge in [0, 0.05) is 95.9 Å². The highest BCUT2D eigenvalue weighted by Gasteiger charge is 2.43. The number of carbonyl (C=O) groups excluding carboxylic acids is 6. The fourth-order valence-electron chi connectivity index (χ4n) is 10.7. The first-order chi connectivity index (χ1) is 32.3. The summed E-state index contributed by atoms with van der Waals surface area (Å²) in [6.07, 6.45) is 7.15. The van der Waals surface area contributed by atoms with Crippen LogP contribution in [0.25, 0.3) is 5.70 Å². The number of nitrogens with zero attached hydrogens (tertiary/aromatic N) is 9. The van der Waals surface area contributed by atoms with Crippen molar-refractivity contribution < 1.29 is 28.8 Å². The quantitative estimate of drug-likeness (QED) is 0.212. The molecule has 18 nitrogen and oxygen atoms in total. The highest BCUT2D eigenvalue weighted by atomic mass is 16.2. The maximum Gasteiger partial charge on any atom is 0.320 e. The topological polar surface area (TPSA) is 201 Å². The van der Waals surface area contributed by atoms with Crippen molar-refractivity contribution in [2.24, 2.45) is 5.73 Å². The molecular weight excluding hydrogens is 853 g/mol. The summed E-state index contributed by atoms with van der Waals surface area (Å²) < 4.78 is 0. The van der Waals surface area contributed by atoms with Crippen LogP contribution >= 0.6 is 0 Å². The minimum atomic E-state index is -0.739. The van der Waals surface area contributed by atoms with E-state index >= 15 is 0 Å². The Labute approximate surface area is 391 Å². The zero-order chi connectivity index (χ0) is 47.0. The minimum Gasteiger partial charge on any atom is -0.364 e. The summed E-state index contributed by atoms with van der Waals surface area (Å²) in [4.78, 5) is 99.9. The highest BCUT2D eigenvalue weighted by molar-refractivity contribution is 6.13. The summed E-state index contributed by atoms with van der Waals surface area (Å²) >= 11 is 0. The van der Waals surface area contributed by atoms with Gasteiger partial charge in [-0.3, -0.25) is 39.1 Å². The van der Waals surface area contributed by atoms with E-state index in [9.17, 15) is 28.8 Å². The molecule has 0 bridgehead atoms. The third kappa shape index (κ3) is 9.46. The number of piperidine rings is 3. The lowest BCUT2D eigenvalue weighted by atomic mass is 9.74. The van der Waals surface area contributed by atoms with E-state index in [-0.39, 0.29) is 59.6 Å². The van der Waals surface area contributed by atoms with E-state index in [4.69, 9.17) is 10.7 Å². The van der Waals surface area contributed by atoms with Gasteiger partial charge < -0.3 is 35.6 Å². The second kappa shape index (κ2) is 19.1. The lowest BCUT2D eigenvalue weighted by molar-refractivity contribution is -0.136. The molecular formula is C49H62N12O6. The zero-order valence-corrected chi connectivity index (χ0v) is 38.7. The number of nitrogens with one attached hydrogen (secondary N) is 2. The molecule has 6 aliphatic heterocycles. The van der Waals surface area contributed by atoms with Crippen LogP contribution in [0, 0.1) is 0 Å². The van der Waals surface area contributed by atoms with Crippen LogP contribution < -0.4 is 21.3 Å². The molecule has 9 rings (SSSR count). The number of imide groups is 1. The van der Waals surface area contributed by atoms with Crippen LogP contribution in [0.2, 0.25) is 0 Å². The Morgan fingerprint density at radius 2 is 1.67 bits per heavy atom. The number of carbonyl (C=O) groups is 6. The number of aryl methyl sites for hydroxylation is 1. The molecule has 18 heteroatoms. The van der Waals surface area contributed by atoms with Gasteiger partial charge in [-0.25, -0.2) is 14.8 Å². The number of nitrogens with two attached hydrogens (primary N) is 1. The molecule has 1 aromatic heterocycles. The molecule has 4 N–H and O–H groups in total. The Bertz CT molecular complexity index is 2450. The molecule has 7 heterocycles. The van der Waals surface area contributed by atoms with E-state index in [2.05, 4.69) is 56.0 Å². The van der Waals surface area contributed by atoms with Gasteiger partial charge in [-0.05, 0) is 80.2 Å². The van der Waals surface area contributed by atoms with Gasteiger partial charge in [-0.2, -0.15) is 0 Å². The molecule has 3 aromatic rings. The number of likely N-dealkylation sites (N-methyl/N-ethyl adjacent to an activating group) is 1. The number of primary amides is 1. The Kier molecular flexibility index (Phi) is 13.0. The largest absolute Gasteiger partial charge is 0.364 e. The maximum atomic E-state index is 13.7. The van der Waals surface area contributed by atoms with Crippen LogP contribution in [0.1, 0.15) is 89.4 Å². The van der Waals surface area contributed by atoms with E-state index in [1.165, 1.54) is 10.5 Å². The van der Waals surface area contributed by atoms with E-state index in [1.807, 2.05) is 47.2 Å². The normalized spacial score (nSPS) is 22.7. The summed E-state index contributed by atoms with van der Waals surface area (Å²) in [6, 6.07) is 13.3. The van der Waals surface area contributed by atoms with Gasteiger partial charge >= 0.3 is 6.03 Å². The Morgan fingerprint density at radius 1 is 0.925 bits per heavy atom. The van der Waals surface area contributed by atoms with Gasteiger partial charge in [0.25, 0.3) is 11.8 Å². The van der Waals surface area contributed by atoms with Crippen molar-refractivity contribution in [1.82, 2.24) is 44.7 Å². The Morgan fingerprint density at radius 3 is 2.37 bits per heavy atom. The summed E-state index contributed by atoms with van der Waals surface area (Å²) in [6.45, 7) is 15.2. The molecule has 0 radical (unpaired) electrons. The number of fused-ring (bicyclic) bond motifs is 1. The molecule has 5 saturated heterocycles. The van der Waals surface area contributed by atoms with Crippen molar-refractivity contribution >= 4 is 58.6 Å². The highest BCUT2D eigenvalue weighted by Crippen LogP contribution is 2.38. The van der Waals surface area contributed by atoms with Crippen LogP contribution in [0.15, 0.2) is 55.2 Å². The van der Waals surface area contributed by atoms with Gasteiger partial charge in [-0.1, -0.05) is 43.8 Å². The first-order valence-electron chi connectivity index (χ1n) is 23.8. The van der Waals surface area contributed by atoms with Crippen molar-refractivity contribution in [2.45, 2.75) is 75.8 Å². The van der Waals surface area contributed by atoms with E-state index in [0.29, 0.717) is 56.2 Å². The van der Waals surface area contributed by atoms with Crippen LogP contribution in [0.5, 0.6) is 0 Å². The van der Waals surface area contributed by atoms with E-state index in [0.717, 1.165) is 94.7 Å². The van der Waals surface area contributed by atoms with Gasteiger partial charge in [0.2, 0.25) is 17.7 Å². The molecule has 0 spiro atoms. The SMILES string of the molecule is C=C1c2cccc(CCCN3CCN(CC(=O)N4CCC(C)(c5ccc(Nc6nc(N7CCC[C@@H](N8CCN(C)C8=O)C7)cnc6C(N)=O)cc5)CC4)CC3)c2C(=O)N1C1CCC(=O)NC1=O. The van der Waals surface area contributed by atoms with Crippen molar-refractivity contribution in [3.63, 3.8) is 0 Å². The first kappa shape index (κ1) is 45.7. The van der Waals surface area contributed by atoms with Gasteiger partial charge in [0.15, 0.2) is 11.5 Å². The predicted molar refractivity (Wildman–Crippen MR) is 252 cm³/mol. The number of piperazine rings is 1. The average molecular weight is 915 g/mol. The number of hydrogen-bond acceptors (Lipinski definition) is 12. The molecule has 354 valence electrons. The number of rotatable bonds is 13. The number of aromatic nitrogens is 2. The number of urea groups is 1. The van der Waals surface area contributed by atoms with Crippen LogP contribution in [-0.4, -0.2) is 173 Å². The number of amides is 7. The lowest BCUT2D eigenvalue weighted by Gasteiger charge is -2.41. The van der Waals surface area contributed by atoms with Crippen molar-refractivity contribution in [3.05, 3.63) is 83.2 Å². The molecule has 1 unspecified atom stereocenters. The molecule has 0 aliphatic carbocycles. The maximum absolute atomic E-state index is 13.7. The zero-order valence-electron chi connectivity index (χ0n) is 38.7. The van der Waals surface area contributed by atoms with Gasteiger partial charge in [-0.15, -0.1) is 0 Å². The van der Waals surface area contributed by atoms with Crippen molar-refractivity contribution in [1.29, 1.82) is 0 Å². The molecule has 7 amide bonds. The summed E-state index contributed by atoms with van der Waals surface area (Å²) in [5.74, 6) is -0.602. The molecule has 67 heavy (non-hydrogen) atoms. The second-order valence-electron chi connectivity index (χ2n) is 19.2. The molecule has 2 aromatic carbocycles. The predicted octanol–water partition coefficient (Wildman–Crippen LogP) is 3.02. The molecule has 5 fully saturated rings. The molecule has 0 saturated carbocycles. The summed E-state index contributed by atoms with van der Waals surface area (Å²) in [5, 5.41) is 5.65. The third-order valence-corrected chi connectivity index (χ3v) is 14.9. The fourth-order valence-corrected chi connectivity index (χ4v) is 10.7. The number of likely N-dealkylation sites (tertiary alicyclic amines) is 1. The standard InChI is InChI=1S/C49H62N12O6/c1-32-37-10-4-7-33(42(37)47(66)61(32)38-15-16-40(62)54-46(38)65)8-5-19-56-24-26-57(27-25-56)31-41(63)58-21-17-49(2,18-22-58)34-11-13-35(14-12-34)52-45-43(44(50)64)51-29-39(53-45)59-20-6-9-36(30-59)60-28-23-55(3)48(60)67/h4,7,10-14,29,36,38H,1,5-6,8-9,15-28,30-31H2,2-3H3,(H2,50,64)(H,52,53)(H,54,62,65)/t36-,38?/m1/s1. The minimum absolute atomic E-state index is 0.0544. The van der Waals surface area contributed by atoms with E-state index in [1.54, 1.807) is 11.1 Å². The molecule has 2 atom stereocenters. The summed E-state index contributed by atoms with van der Waals surface area (Å²) in [5.41, 5.74) is 10.4. The van der Waals surface area contributed by atoms with Crippen LogP contribution in [0.3, 0.4) is 0 Å². The lowest BCUT2D eigenvalue weighted by Crippen LogP contribution is -2.52. The smallest absolute Gasteiger partial charge is 0.320 e. The second-order valence-corrected chi connectivity index (χ2v) is 19.2. The fraction of sp³-hybridized carbons (Fsp3) is 0.510. The number of hydrogen-bond donors (Lipinski definition) is 3. The third-order valence-electron chi connectivity index (χ3n) is 14.9. The van der Waals surface area contributed by atoms with Gasteiger partial charge in [0.1, 0.15) is 11.9 Å². The number of anilines is 3. The number of benzene rings is 2. The Balaban J connectivity index is 0.724. The van der Waals surface area contributed by atoms with Crippen molar-refractivity contribution in [2.75, 3.05) is 95.8 Å². The van der Waals surface area contributed by atoms with E-state index < -0.39 is 17.9 Å².